The lowest BCUT2D eigenvalue weighted by molar-refractivity contribution is 0.0661. The highest BCUT2D eigenvalue weighted by Crippen LogP contribution is 2.32. The largest absolute Gasteiger partial charge is 0.490 e. The molecule has 0 spiro atoms. The minimum absolute atomic E-state index is 0.263. The summed E-state index contributed by atoms with van der Waals surface area (Å²) < 4.78 is 5.97. The Morgan fingerprint density at radius 2 is 1.62 bits per heavy atom. The van der Waals surface area contributed by atoms with E-state index in [4.69, 9.17) is 4.74 Å². The normalized spacial score (nSPS) is 15.3. The fourth-order valence-corrected chi connectivity index (χ4v) is 4.69. The van der Waals surface area contributed by atoms with Crippen molar-refractivity contribution < 1.29 is 9.84 Å². The highest BCUT2D eigenvalue weighted by molar-refractivity contribution is 5.84. The van der Waals surface area contributed by atoms with Crippen LogP contribution in [0.3, 0.4) is 0 Å². The second-order valence-corrected chi connectivity index (χ2v) is 8.67. The summed E-state index contributed by atoms with van der Waals surface area (Å²) in [4.78, 5) is 10.9. The molecule has 5 rings (SSSR count). The van der Waals surface area contributed by atoms with Gasteiger partial charge in [-0.3, -0.25) is 14.9 Å². The van der Waals surface area contributed by atoms with Crippen molar-refractivity contribution in [1.82, 2.24) is 14.9 Å². The number of nitrogens with zero attached hydrogens (tertiary/aromatic N) is 3. The van der Waals surface area contributed by atoms with Crippen LogP contribution in [-0.4, -0.2) is 52.3 Å². The number of ether oxygens (including phenoxy) is 1. The molecule has 0 amide bonds. The monoisotopic (exact) mass is 451 g/mol. The lowest BCUT2D eigenvalue weighted by Gasteiger charge is -2.31. The predicted octanol–water partition coefficient (Wildman–Crippen LogP) is 4.97. The molecule has 1 saturated heterocycles. The van der Waals surface area contributed by atoms with Crippen molar-refractivity contribution in [3.63, 3.8) is 0 Å². The number of pyridine rings is 2. The van der Waals surface area contributed by atoms with Crippen molar-refractivity contribution in [1.29, 1.82) is 0 Å². The Balaban J connectivity index is 1.22. The molecule has 5 nitrogen and oxygen atoms in total. The zero-order valence-electron chi connectivity index (χ0n) is 19.2. The molecule has 1 aliphatic rings. The standard InChI is InChI=1S/C29H29N3O2/c33-25(21-34-28-10-4-9-27-26(28)8-5-15-31-27)20-32-18-13-24(14-19-32)29(22-6-2-1-3-7-22)23-11-16-30-17-12-23/h1-12,15-17,25,33H,13-14,18-21H2. The number of rotatable bonds is 7. The highest BCUT2D eigenvalue weighted by Gasteiger charge is 2.21. The zero-order chi connectivity index (χ0) is 23.2. The number of hydrogen-bond acceptors (Lipinski definition) is 5. The van der Waals surface area contributed by atoms with Crippen LogP contribution >= 0.6 is 0 Å². The van der Waals surface area contributed by atoms with E-state index in [-0.39, 0.29) is 6.61 Å². The van der Waals surface area contributed by atoms with Crippen molar-refractivity contribution in [3.05, 3.63) is 108 Å². The highest BCUT2D eigenvalue weighted by atomic mass is 16.5. The zero-order valence-corrected chi connectivity index (χ0v) is 19.2. The SMILES string of the molecule is OC(COc1cccc2ncccc12)CN1CCC(=C(c2ccccc2)c2ccncc2)CC1. The van der Waals surface area contributed by atoms with Crippen LogP contribution in [0, 0.1) is 0 Å². The molecular weight excluding hydrogens is 422 g/mol. The number of piperidine rings is 1. The molecule has 1 N–H and O–H groups in total. The van der Waals surface area contributed by atoms with Gasteiger partial charge in [0.1, 0.15) is 18.5 Å². The van der Waals surface area contributed by atoms with Crippen LogP contribution in [0.1, 0.15) is 24.0 Å². The third kappa shape index (κ3) is 5.16. The molecular formula is C29H29N3O2. The van der Waals surface area contributed by atoms with Gasteiger partial charge >= 0.3 is 0 Å². The van der Waals surface area contributed by atoms with Gasteiger partial charge in [-0.05, 0) is 65.9 Å². The minimum atomic E-state index is -0.550. The maximum atomic E-state index is 10.7. The van der Waals surface area contributed by atoms with E-state index in [1.54, 1.807) is 6.20 Å². The molecule has 2 aromatic heterocycles. The second-order valence-electron chi connectivity index (χ2n) is 8.67. The van der Waals surface area contributed by atoms with Crippen molar-refractivity contribution >= 4 is 16.5 Å². The Morgan fingerprint density at radius 3 is 2.41 bits per heavy atom. The van der Waals surface area contributed by atoms with E-state index in [0.29, 0.717) is 6.54 Å². The van der Waals surface area contributed by atoms with Gasteiger partial charge in [-0.15, -0.1) is 0 Å². The Kier molecular flexibility index (Phi) is 6.94. The number of β-amino-alcohol motifs (C(OH)–C–C–N with tert-alkyl or cyclic N) is 1. The van der Waals surface area contributed by atoms with Crippen LogP contribution < -0.4 is 4.74 Å². The number of hydrogen-bond donors (Lipinski definition) is 1. The molecule has 1 aliphatic heterocycles. The maximum Gasteiger partial charge on any atom is 0.128 e. The van der Waals surface area contributed by atoms with Crippen molar-refractivity contribution in [2.75, 3.05) is 26.2 Å². The van der Waals surface area contributed by atoms with Crippen molar-refractivity contribution in [2.45, 2.75) is 18.9 Å². The van der Waals surface area contributed by atoms with Crippen LogP contribution in [-0.2, 0) is 0 Å². The first-order chi connectivity index (χ1) is 16.8. The van der Waals surface area contributed by atoms with E-state index in [0.717, 1.165) is 42.6 Å². The summed E-state index contributed by atoms with van der Waals surface area (Å²) in [6.45, 7) is 2.71. The Bertz CT molecular complexity index is 1200. The van der Waals surface area contributed by atoms with Crippen LogP contribution in [0.25, 0.3) is 16.5 Å². The third-order valence-corrected chi connectivity index (χ3v) is 6.35. The summed E-state index contributed by atoms with van der Waals surface area (Å²) >= 11 is 0. The van der Waals surface area contributed by atoms with Gasteiger partial charge in [0.2, 0.25) is 0 Å². The molecule has 172 valence electrons. The molecule has 0 bridgehead atoms. The first-order valence-corrected chi connectivity index (χ1v) is 11.8. The maximum absolute atomic E-state index is 10.7. The first-order valence-electron chi connectivity index (χ1n) is 11.8. The molecule has 1 fully saturated rings. The molecule has 1 unspecified atom stereocenters. The first kappa shape index (κ1) is 22.3. The lowest BCUT2D eigenvalue weighted by Crippen LogP contribution is -2.39. The summed E-state index contributed by atoms with van der Waals surface area (Å²) in [5.41, 5.74) is 6.13. The van der Waals surface area contributed by atoms with E-state index in [9.17, 15) is 5.11 Å². The number of aliphatic hydroxyl groups is 1. The summed E-state index contributed by atoms with van der Waals surface area (Å²) in [6.07, 6.45) is 6.90. The number of aromatic nitrogens is 2. The van der Waals surface area contributed by atoms with Gasteiger partial charge in [0.25, 0.3) is 0 Å². The number of likely N-dealkylation sites (tertiary alicyclic amines) is 1. The summed E-state index contributed by atoms with van der Waals surface area (Å²) in [5, 5.41) is 11.6. The minimum Gasteiger partial charge on any atom is -0.490 e. The lowest BCUT2D eigenvalue weighted by atomic mass is 9.89. The molecule has 3 heterocycles. The topological polar surface area (TPSA) is 58.5 Å². The van der Waals surface area contributed by atoms with E-state index in [2.05, 4.69) is 57.3 Å². The molecule has 0 radical (unpaired) electrons. The van der Waals surface area contributed by atoms with E-state index in [1.165, 1.54) is 22.3 Å². The van der Waals surface area contributed by atoms with Crippen LogP contribution in [0.15, 0.2) is 97.0 Å². The summed E-state index contributed by atoms with van der Waals surface area (Å²) in [5.74, 6) is 0.762. The summed E-state index contributed by atoms with van der Waals surface area (Å²) in [7, 11) is 0. The van der Waals surface area contributed by atoms with Gasteiger partial charge in [-0.25, -0.2) is 0 Å². The quantitative estimate of drug-likeness (QED) is 0.430. The molecule has 34 heavy (non-hydrogen) atoms. The van der Waals surface area contributed by atoms with E-state index < -0.39 is 6.10 Å². The Morgan fingerprint density at radius 1 is 0.853 bits per heavy atom. The van der Waals surface area contributed by atoms with Crippen molar-refractivity contribution in [3.8, 4) is 5.75 Å². The third-order valence-electron chi connectivity index (χ3n) is 6.35. The predicted molar refractivity (Wildman–Crippen MR) is 136 cm³/mol. The Labute approximate surface area is 200 Å². The van der Waals surface area contributed by atoms with Gasteiger partial charge in [-0.1, -0.05) is 42.0 Å². The van der Waals surface area contributed by atoms with E-state index in [1.807, 2.05) is 42.7 Å². The second kappa shape index (κ2) is 10.6. The fourth-order valence-electron chi connectivity index (χ4n) is 4.69. The van der Waals surface area contributed by atoms with Gasteiger partial charge in [0.05, 0.1) is 5.52 Å². The molecule has 0 saturated carbocycles. The van der Waals surface area contributed by atoms with Gasteiger partial charge in [0, 0.05) is 43.6 Å². The molecule has 4 aromatic rings. The summed E-state index contributed by atoms with van der Waals surface area (Å²) in [6, 6.07) is 24.5. The fraction of sp³-hybridized carbons (Fsp3) is 0.241. The smallest absolute Gasteiger partial charge is 0.128 e. The molecule has 2 aromatic carbocycles. The van der Waals surface area contributed by atoms with E-state index >= 15 is 0 Å². The van der Waals surface area contributed by atoms with Crippen LogP contribution in [0.2, 0.25) is 0 Å². The van der Waals surface area contributed by atoms with Gasteiger partial charge < -0.3 is 9.84 Å². The molecule has 1 atom stereocenters. The van der Waals surface area contributed by atoms with Crippen molar-refractivity contribution in [2.24, 2.45) is 0 Å². The Hall–Kier alpha value is -3.54. The van der Waals surface area contributed by atoms with Crippen LogP contribution in [0.5, 0.6) is 5.75 Å². The number of benzene rings is 2. The van der Waals surface area contributed by atoms with Gasteiger partial charge in [0.15, 0.2) is 0 Å². The average molecular weight is 452 g/mol. The number of aliphatic hydroxyl groups excluding tert-OH is 1. The van der Waals surface area contributed by atoms with Crippen LogP contribution in [0.4, 0.5) is 0 Å². The molecule has 5 heteroatoms. The van der Waals surface area contributed by atoms with Gasteiger partial charge in [-0.2, -0.15) is 0 Å². The molecule has 0 aliphatic carbocycles. The average Bonchev–Trinajstić information content (AvgIpc) is 2.90. The number of fused-ring (bicyclic) bond motifs is 1.